The van der Waals surface area contributed by atoms with Crippen LogP contribution < -0.4 is 20.9 Å². The zero-order chi connectivity index (χ0) is 24.8. The van der Waals surface area contributed by atoms with Crippen LogP contribution in [0.5, 0.6) is 0 Å². The molecule has 3 N–H and O–H groups in total. The number of nitrogens with zero attached hydrogens (tertiary/aromatic N) is 1. The summed E-state index contributed by atoms with van der Waals surface area (Å²) in [6.45, 7) is 4.38. The summed E-state index contributed by atoms with van der Waals surface area (Å²) in [5.41, 5.74) is 4.22. The van der Waals surface area contributed by atoms with Gasteiger partial charge in [-0.2, -0.15) is 0 Å². The maximum atomic E-state index is 13.1. The van der Waals surface area contributed by atoms with Gasteiger partial charge in [-0.1, -0.05) is 30.3 Å². The Bertz CT molecular complexity index is 1220. The van der Waals surface area contributed by atoms with Crippen molar-refractivity contribution in [3.8, 4) is 0 Å². The van der Waals surface area contributed by atoms with Crippen LogP contribution in [0.3, 0.4) is 0 Å². The molecule has 0 unspecified atom stereocenters. The van der Waals surface area contributed by atoms with E-state index in [0.717, 1.165) is 24.1 Å². The minimum atomic E-state index is -0.227. The van der Waals surface area contributed by atoms with Gasteiger partial charge in [0.1, 0.15) is 0 Å². The summed E-state index contributed by atoms with van der Waals surface area (Å²) in [4.78, 5) is 39.5. The Balaban J connectivity index is 1.37. The minimum Gasteiger partial charge on any atom is -0.376 e. The lowest BCUT2D eigenvalue weighted by Gasteiger charge is -2.21. The second-order valence-corrected chi connectivity index (χ2v) is 8.61. The molecule has 0 spiro atoms. The number of hydrogen-bond donors (Lipinski definition) is 3. The first-order valence-electron chi connectivity index (χ1n) is 11.9. The van der Waals surface area contributed by atoms with Crippen molar-refractivity contribution >= 4 is 40.5 Å². The van der Waals surface area contributed by atoms with Crippen molar-refractivity contribution in [2.75, 3.05) is 33.9 Å². The summed E-state index contributed by atoms with van der Waals surface area (Å²) in [5, 5.41) is 8.94. The maximum Gasteiger partial charge on any atom is 0.258 e. The lowest BCUT2D eigenvalue weighted by atomic mass is 10.1. The topological polar surface area (TPSA) is 90.5 Å². The van der Waals surface area contributed by atoms with Gasteiger partial charge in [0.05, 0.1) is 6.54 Å². The SMILES string of the molecule is CCN(C(=O)c1cccc(NCC(=O)Nc2cccc(NC(=O)C3CC3)c2C)c1)c1ccccc1. The van der Waals surface area contributed by atoms with E-state index in [-0.39, 0.29) is 30.2 Å². The van der Waals surface area contributed by atoms with E-state index >= 15 is 0 Å². The zero-order valence-corrected chi connectivity index (χ0v) is 20.0. The van der Waals surface area contributed by atoms with Crippen LogP contribution in [-0.2, 0) is 9.59 Å². The van der Waals surface area contributed by atoms with E-state index < -0.39 is 0 Å². The van der Waals surface area contributed by atoms with Crippen molar-refractivity contribution in [2.24, 2.45) is 5.92 Å². The van der Waals surface area contributed by atoms with Crippen LogP contribution in [-0.4, -0.2) is 30.8 Å². The fraction of sp³-hybridized carbons (Fsp3) is 0.250. The van der Waals surface area contributed by atoms with Crippen LogP contribution in [0.15, 0.2) is 72.8 Å². The zero-order valence-electron chi connectivity index (χ0n) is 20.0. The molecule has 0 atom stereocenters. The summed E-state index contributed by atoms with van der Waals surface area (Å²) in [5.74, 6) is -0.194. The molecule has 0 aliphatic heterocycles. The quantitative estimate of drug-likeness (QED) is 0.408. The molecule has 1 aliphatic rings. The van der Waals surface area contributed by atoms with Crippen LogP contribution in [0, 0.1) is 12.8 Å². The van der Waals surface area contributed by atoms with E-state index in [1.807, 2.05) is 62.4 Å². The van der Waals surface area contributed by atoms with Crippen LogP contribution >= 0.6 is 0 Å². The van der Waals surface area contributed by atoms with Crippen molar-refractivity contribution in [3.05, 3.63) is 83.9 Å². The van der Waals surface area contributed by atoms with Gasteiger partial charge in [-0.05, 0) is 74.7 Å². The molecule has 1 fully saturated rings. The van der Waals surface area contributed by atoms with Gasteiger partial charge in [-0.3, -0.25) is 14.4 Å². The van der Waals surface area contributed by atoms with Gasteiger partial charge in [-0.15, -0.1) is 0 Å². The molecule has 35 heavy (non-hydrogen) atoms. The Kier molecular flexibility index (Phi) is 7.45. The monoisotopic (exact) mass is 470 g/mol. The first kappa shape index (κ1) is 24.0. The number of anilines is 4. The van der Waals surface area contributed by atoms with Crippen LogP contribution in [0.1, 0.15) is 35.7 Å². The molecule has 0 saturated heterocycles. The Hall–Kier alpha value is -4.13. The molecule has 3 aromatic carbocycles. The molecule has 3 amide bonds. The third-order valence-corrected chi connectivity index (χ3v) is 6.01. The smallest absolute Gasteiger partial charge is 0.258 e. The second kappa shape index (κ2) is 10.9. The number of carbonyl (C=O) groups excluding carboxylic acids is 3. The van der Waals surface area contributed by atoms with Crippen LogP contribution in [0.2, 0.25) is 0 Å². The Morgan fingerprint density at radius 1 is 0.886 bits per heavy atom. The summed E-state index contributed by atoms with van der Waals surface area (Å²) in [7, 11) is 0. The molecular weight excluding hydrogens is 440 g/mol. The highest BCUT2D eigenvalue weighted by molar-refractivity contribution is 6.06. The number of carbonyl (C=O) groups is 3. The predicted molar refractivity (Wildman–Crippen MR) is 140 cm³/mol. The number of para-hydroxylation sites is 1. The fourth-order valence-electron chi connectivity index (χ4n) is 3.83. The van der Waals surface area contributed by atoms with Crippen molar-refractivity contribution in [1.29, 1.82) is 0 Å². The molecule has 7 nitrogen and oxygen atoms in total. The third kappa shape index (κ3) is 6.06. The average Bonchev–Trinajstić information content (AvgIpc) is 3.72. The highest BCUT2D eigenvalue weighted by Crippen LogP contribution is 2.31. The summed E-state index contributed by atoms with van der Waals surface area (Å²) in [6, 6.07) is 22.1. The van der Waals surface area contributed by atoms with E-state index in [1.165, 1.54) is 0 Å². The first-order chi connectivity index (χ1) is 17.0. The maximum absolute atomic E-state index is 13.1. The summed E-state index contributed by atoms with van der Waals surface area (Å²) < 4.78 is 0. The minimum absolute atomic E-state index is 0.0292. The highest BCUT2D eigenvalue weighted by Gasteiger charge is 2.29. The predicted octanol–water partition coefficient (Wildman–Crippen LogP) is 5.06. The summed E-state index contributed by atoms with van der Waals surface area (Å²) >= 11 is 0. The molecule has 180 valence electrons. The van der Waals surface area contributed by atoms with Gasteiger partial charge < -0.3 is 20.9 Å². The molecule has 0 radical (unpaired) electrons. The molecule has 3 aromatic rings. The number of nitrogens with one attached hydrogen (secondary N) is 3. The largest absolute Gasteiger partial charge is 0.376 e. The van der Waals surface area contributed by atoms with Crippen molar-refractivity contribution in [3.63, 3.8) is 0 Å². The lowest BCUT2D eigenvalue weighted by Crippen LogP contribution is -2.30. The van der Waals surface area contributed by atoms with Gasteiger partial charge in [0.25, 0.3) is 5.91 Å². The summed E-state index contributed by atoms with van der Waals surface area (Å²) in [6.07, 6.45) is 1.87. The number of hydrogen-bond acceptors (Lipinski definition) is 4. The fourth-order valence-corrected chi connectivity index (χ4v) is 3.83. The molecule has 1 saturated carbocycles. The molecular formula is C28H30N4O3. The van der Waals surface area contributed by atoms with Gasteiger partial charge in [0.15, 0.2) is 0 Å². The van der Waals surface area contributed by atoms with Gasteiger partial charge in [0, 0.05) is 40.8 Å². The van der Waals surface area contributed by atoms with Crippen molar-refractivity contribution in [1.82, 2.24) is 0 Å². The van der Waals surface area contributed by atoms with E-state index in [1.54, 1.807) is 29.2 Å². The van der Waals surface area contributed by atoms with E-state index in [0.29, 0.717) is 29.2 Å². The molecule has 1 aliphatic carbocycles. The molecule has 4 rings (SSSR count). The Morgan fingerprint density at radius 2 is 1.57 bits per heavy atom. The average molecular weight is 471 g/mol. The number of amides is 3. The Labute approximate surface area is 205 Å². The first-order valence-corrected chi connectivity index (χ1v) is 11.9. The highest BCUT2D eigenvalue weighted by atomic mass is 16.2. The Morgan fingerprint density at radius 3 is 2.26 bits per heavy atom. The van der Waals surface area contributed by atoms with E-state index in [4.69, 9.17) is 0 Å². The van der Waals surface area contributed by atoms with E-state index in [2.05, 4.69) is 16.0 Å². The lowest BCUT2D eigenvalue weighted by molar-refractivity contribution is -0.117. The van der Waals surface area contributed by atoms with Crippen molar-refractivity contribution in [2.45, 2.75) is 26.7 Å². The van der Waals surface area contributed by atoms with Crippen LogP contribution in [0.4, 0.5) is 22.7 Å². The van der Waals surface area contributed by atoms with E-state index in [9.17, 15) is 14.4 Å². The number of benzene rings is 3. The molecule has 0 heterocycles. The standard InChI is InChI=1S/C28H30N4O3/c1-3-32(23-11-5-4-6-12-23)28(35)21-9-7-10-22(17-21)29-18-26(33)30-24-13-8-14-25(19(24)2)31-27(34)20-15-16-20/h4-14,17,20,29H,3,15-16,18H2,1-2H3,(H,30,33)(H,31,34). The van der Waals surface area contributed by atoms with Crippen molar-refractivity contribution < 1.29 is 14.4 Å². The third-order valence-electron chi connectivity index (χ3n) is 6.01. The van der Waals surface area contributed by atoms with Gasteiger partial charge in [-0.25, -0.2) is 0 Å². The number of rotatable bonds is 9. The molecule has 0 bridgehead atoms. The molecule has 7 heteroatoms. The van der Waals surface area contributed by atoms with Gasteiger partial charge >= 0.3 is 0 Å². The van der Waals surface area contributed by atoms with Crippen LogP contribution in [0.25, 0.3) is 0 Å². The second-order valence-electron chi connectivity index (χ2n) is 8.61. The van der Waals surface area contributed by atoms with Gasteiger partial charge in [0.2, 0.25) is 11.8 Å². The normalized spacial score (nSPS) is 12.5. The molecule has 0 aromatic heterocycles.